The molecular weight excluding hydrogens is 344 g/mol. The van der Waals surface area contributed by atoms with Gasteiger partial charge in [-0.2, -0.15) is 0 Å². The van der Waals surface area contributed by atoms with E-state index in [1.807, 2.05) is 6.92 Å². The number of cyclic esters (lactones) is 1. The summed E-state index contributed by atoms with van der Waals surface area (Å²) in [7, 11) is 0. The van der Waals surface area contributed by atoms with Crippen LogP contribution in [-0.2, 0) is 19.1 Å². The van der Waals surface area contributed by atoms with E-state index in [1.54, 1.807) is 6.92 Å². The number of aliphatic hydroxyl groups is 1. The molecule has 2 saturated carbocycles. The minimum Gasteiger partial charge on any atom is -0.433 e. The lowest BCUT2D eigenvalue weighted by molar-refractivity contribution is -0.155. The Hall–Kier alpha value is -1.75. The van der Waals surface area contributed by atoms with Gasteiger partial charge >= 0.3 is 5.97 Å². The van der Waals surface area contributed by atoms with Crippen molar-refractivity contribution in [3.05, 3.63) is 23.0 Å². The van der Waals surface area contributed by atoms with E-state index >= 15 is 0 Å². The summed E-state index contributed by atoms with van der Waals surface area (Å²) in [5, 5.41) is 10.5. The molecule has 1 spiro atoms. The highest BCUT2D eigenvalue weighted by atomic mass is 16.5. The van der Waals surface area contributed by atoms with Gasteiger partial charge in [0.25, 0.3) is 0 Å². The van der Waals surface area contributed by atoms with E-state index in [4.69, 9.17) is 4.74 Å². The highest BCUT2D eigenvalue weighted by molar-refractivity contribution is 6.20. The normalized spacial score (nSPS) is 47.9. The zero-order valence-electron chi connectivity index (χ0n) is 16.1. The van der Waals surface area contributed by atoms with Gasteiger partial charge in [0.05, 0.1) is 12.4 Å². The first-order chi connectivity index (χ1) is 12.7. The molecule has 0 saturated heterocycles. The monoisotopic (exact) mass is 370 g/mol. The Balaban J connectivity index is 1.70. The smallest absolute Gasteiger partial charge is 0.330 e. The van der Waals surface area contributed by atoms with Crippen molar-refractivity contribution < 1.29 is 24.2 Å². The molecule has 5 rings (SSSR count). The summed E-state index contributed by atoms with van der Waals surface area (Å²) in [5.41, 5.74) is 0.113. The number of ether oxygens (including phenoxy) is 1. The molecule has 1 heterocycles. The molecule has 1 N–H and O–H groups in total. The highest BCUT2D eigenvalue weighted by Gasteiger charge is 2.75. The molecule has 0 amide bonds. The summed E-state index contributed by atoms with van der Waals surface area (Å²) in [6.07, 6.45) is 4.88. The highest BCUT2D eigenvalue weighted by Crippen LogP contribution is 2.71. The molecule has 0 unspecified atom stereocenters. The summed E-state index contributed by atoms with van der Waals surface area (Å²) in [5.74, 6) is -0.485. The van der Waals surface area contributed by atoms with Gasteiger partial charge in [0.15, 0.2) is 11.2 Å². The molecule has 4 aliphatic carbocycles. The zero-order chi connectivity index (χ0) is 19.4. The van der Waals surface area contributed by atoms with Gasteiger partial charge in [0.2, 0.25) is 0 Å². The van der Waals surface area contributed by atoms with Crippen LogP contribution < -0.4 is 0 Å². The quantitative estimate of drug-likeness (QED) is 0.567. The molecule has 0 aromatic heterocycles. The van der Waals surface area contributed by atoms with Crippen LogP contribution in [-0.4, -0.2) is 28.7 Å². The lowest BCUT2D eigenvalue weighted by Gasteiger charge is -2.47. The van der Waals surface area contributed by atoms with Crippen LogP contribution in [0.3, 0.4) is 0 Å². The predicted octanol–water partition coefficient (Wildman–Crippen LogP) is 2.87. The Morgan fingerprint density at radius 2 is 1.93 bits per heavy atom. The maximum Gasteiger partial charge on any atom is 0.330 e. The molecule has 27 heavy (non-hydrogen) atoms. The first-order valence-corrected chi connectivity index (χ1v) is 10.1. The second-order valence-corrected chi connectivity index (χ2v) is 9.64. The van der Waals surface area contributed by atoms with Gasteiger partial charge in [0.1, 0.15) is 5.78 Å². The van der Waals surface area contributed by atoms with Crippen LogP contribution in [0, 0.1) is 28.1 Å². The molecule has 0 aromatic carbocycles. The van der Waals surface area contributed by atoms with Gasteiger partial charge in [0, 0.05) is 22.5 Å². The first-order valence-electron chi connectivity index (χ1n) is 10.1. The van der Waals surface area contributed by atoms with Crippen LogP contribution in [0.1, 0.15) is 59.3 Å². The van der Waals surface area contributed by atoms with Crippen molar-refractivity contribution in [2.75, 3.05) is 0 Å². The lowest BCUT2D eigenvalue weighted by Crippen LogP contribution is -2.53. The number of hydrogen-bond donors (Lipinski definition) is 1. The number of Topliss-reactive ketones (excluding diaryl/α,β-unsaturated/α-hetero) is 2. The van der Waals surface area contributed by atoms with Gasteiger partial charge in [-0.3, -0.25) is 14.4 Å². The van der Waals surface area contributed by atoms with E-state index < -0.39 is 22.9 Å². The van der Waals surface area contributed by atoms with E-state index in [2.05, 4.69) is 6.92 Å². The Morgan fingerprint density at radius 3 is 2.63 bits per heavy atom. The summed E-state index contributed by atoms with van der Waals surface area (Å²) in [6.45, 7) is 5.82. The number of allylic oxidation sites excluding steroid dienone is 2. The van der Waals surface area contributed by atoms with E-state index in [0.29, 0.717) is 18.4 Å². The van der Waals surface area contributed by atoms with Gasteiger partial charge < -0.3 is 9.84 Å². The fourth-order valence-electron chi connectivity index (χ4n) is 7.44. The third-order valence-corrected chi connectivity index (χ3v) is 8.80. The van der Waals surface area contributed by atoms with E-state index in [-0.39, 0.29) is 28.8 Å². The van der Waals surface area contributed by atoms with Crippen LogP contribution >= 0.6 is 0 Å². The van der Waals surface area contributed by atoms with Crippen molar-refractivity contribution in [3.63, 3.8) is 0 Å². The van der Waals surface area contributed by atoms with Crippen LogP contribution in [0.15, 0.2) is 23.0 Å². The molecule has 0 aromatic rings. The largest absolute Gasteiger partial charge is 0.433 e. The van der Waals surface area contributed by atoms with Crippen molar-refractivity contribution in [2.24, 2.45) is 28.1 Å². The van der Waals surface area contributed by atoms with Crippen LogP contribution in [0.25, 0.3) is 0 Å². The Labute approximate surface area is 158 Å². The standard InChI is InChI=1S/C22H26O5/c1-11(23)12-4-5-13-17-14(6-8-20(12,13)2)21(3)9-7-16(24)15-10-27-19(26)22(15,21)18(17)25/h10,12-13,16,24H,4-9H2,1-3H3/t12-,13+,16+,20-,21-,22+/m1/s1. The number of carbonyl (C=O) groups is 3. The molecular formula is C22H26O5. The first kappa shape index (κ1) is 17.4. The van der Waals surface area contributed by atoms with Gasteiger partial charge in [-0.15, -0.1) is 0 Å². The topological polar surface area (TPSA) is 80.7 Å². The van der Waals surface area contributed by atoms with Crippen molar-refractivity contribution in [1.29, 1.82) is 0 Å². The minimum absolute atomic E-state index is 0.0197. The fraction of sp³-hybridized carbons (Fsp3) is 0.682. The molecule has 1 aliphatic heterocycles. The van der Waals surface area contributed by atoms with Crippen molar-refractivity contribution in [3.8, 4) is 0 Å². The number of fused-ring (bicyclic) bond motifs is 3. The average molecular weight is 370 g/mol. The number of hydrogen-bond acceptors (Lipinski definition) is 5. The van der Waals surface area contributed by atoms with E-state index in [1.165, 1.54) is 6.26 Å². The Bertz CT molecular complexity index is 866. The Kier molecular flexibility index (Phi) is 3.21. The second-order valence-electron chi connectivity index (χ2n) is 9.64. The van der Waals surface area contributed by atoms with Gasteiger partial charge in [-0.25, -0.2) is 0 Å². The zero-order valence-corrected chi connectivity index (χ0v) is 16.1. The van der Waals surface area contributed by atoms with Crippen molar-refractivity contribution >= 4 is 17.5 Å². The Morgan fingerprint density at radius 1 is 1.19 bits per heavy atom. The number of ketones is 2. The number of carbonyl (C=O) groups excluding carboxylic acids is 3. The average Bonchev–Trinajstić information content (AvgIpc) is 3.21. The van der Waals surface area contributed by atoms with Crippen molar-refractivity contribution in [2.45, 2.75) is 65.4 Å². The molecule has 5 heteroatoms. The minimum atomic E-state index is -1.38. The lowest BCUT2D eigenvalue weighted by atomic mass is 9.53. The van der Waals surface area contributed by atoms with Gasteiger partial charge in [-0.1, -0.05) is 19.4 Å². The molecule has 2 fully saturated rings. The molecule has 0 bridgehead atoms. The SMILES string of the molecule is CC(=O)[C@H]1CC[C@H]2C3=C(CC[C@]12C)[C@@]1(C)CC[C@H](O)C2=COC(=O)[C@@]21C3=O. The third kappa shape index (κ3) is 1.65. The number of rotatable bonds is 1. The maximum atomic E-state index is 13.9. The summed E-state index contributed by atoms with van der Waals surface area (Å²) in [6, 6.07) is 0. The molecule has 144 valence electrons. The summed E-state index contributed by atoms with van der Waals surface area (Å²) >= 11 is 0. The van der Waals surface area contributed by atoms with E-state index in [9.17, 15) is 19.5 Å². The van der Waals surface area contributed by atoms with Crippen molar-refractivity contribution in [1.82, 2.24) is 0 Å². The molecule has 5 aliphatic rings. The van der Waals surface area contributed by atoms with Crippen LogP contribution in [0.2, 0.25) is 0 Å². The molecule has 6 atom stereocenters. The van der Waals surface area contributed by atoms with Crippen LogP contribution in [0.5, 0.6) is 0 Å². The fourth-order valence-corrected chi connectivity index (χ4v) is 7.44. The van der Waals surface area contributed by atoms with E-state index in [0.717, 1.165) is 36.8 Å². The number of esters is 1. The number of aliphatic hydroxyl groups excluding tert-OH is 1. The van der Waals surface area contributed by atoms with Gasteiger partial charge in [-0.05, 0) is 56.8 Å². The second kappa shape index (κ2) is 4.99. The summed E-state index contributed by atoms with van der Waals surface area (Å²) < 4.78 is 5.25. The maximum absolute atomic E-state index is 13.9. The molecule has 5 nitrogen and oxygen atoms in total. The third-order valence-electron chi connectivity index (χ3n) is 8.80. The molecule has 0 radical (unpaired) electrons. The summed E-state index contributed by atoms with van der Waals surface area (Å²) in [4.78, 5) is 39.1. The van der Waals surface area contributed by atoms with Crippen LogP contribution in [0.4, 0.5) is 0 Å². The predicted molar refractivity (Wildman–Crippen MR) is 96.2 cm³/mol.